The summed E-state index contributed by atoms with van der Waals surface area (Å²) in [6.07, 6.45) is 3.59. The Morgan fingerprint density at radius 2 is 2.00 bits per heavy atom. The van der Waals surface area contributed by atoms with Gasteiger partial charge in [-0.2, -0.15) is 0 Å². The van der Waals surface area contributed by atoms with Crippen molar-refractivity contribution >= 4 is 11.9 Å². The van der Waals surface area contributed by atoms with Crippen LogP contribution in [0.1, 0.15) is 40.0 Å². The third-order valence-electron chi connectivity index (χ3n) is 5.97. The summed E-state index contributed by atoms with van der Waals surface area (Å²) in [4.78, 5) is 27.3. The number of carbonyl (C=O) groups excluding carboxylic acids is 2. The fourth-order valence-electron chi connectivity index (χ4n) is 4.11. The number of esters is 2. The Bertz CT molecular complexity index is 556. The molecule has 0 unspecified atom stereocenters. The standard InChI is InChI=1S/C18H27NO5/c1-4-12-9-11(2)18(3,22)17(21)23-10-13-5-7-19-8-6-14(15(13)19)24-16(12)20/h4,11,13-15,22H,5-10H2,1-3H3/b12-4-/t11-,13-,14+,15-,18+/m1/s1. The van der Waals surface area contributed by atoms with Gasteiger partial charge in [-0.05, 0) is 45.6 Å². The van der Waals surface area contributed by atoms with E-state index in [9.17, 15) is 14.7 Å². The lowest BCUT2D eigenvalue weighted by Gasteiger charge is -2.32. The number of carbonyl (C=O) groups is 2. The average molecular weight is 337 g/mol. The van der Waals surface area contributed by atoms with Crippen LogP contribution >= 0.6 is 0 Å². The summed E-state index contributed by atoms with van der Waals surface area (Å²) < 4.78 is 11.3. The Morgan fingerprint density at radius 3 is 2.71 bits per heavy atom. The van der Waals surface area contributed by atoms with Crippen molar-refractivity contribution in [1.82, 2.24) is 4.90 Å². The van der Waals surface area contributed by atoms with Gasteiger partial charge in [0, 0.05) is 18.0 Å². The van der Waals surface area contributed by atoms with E-state index in [1.165, 1.54) is 6.92 Å². The molecule has 0 spiro atoms. The Balaban J connectivity index is 1.89. The summed E-state index contributed by atoms with van der Waals surface area (Å²) >= 11 is 0. The minimum atomic E-state index is -1.62. The highest BCUT2D eigenvalue weighted by Crippen LogP contribution is 2.36. The van der Waals surface area contributed by atoms with Crippen LogP contribution in [0.25, 0.3) is 0 Å². The molecule has 5 atom stereocenters. The number of cyclic esters (lactones) is 1. The van der Waals surface area contributed by atoms with Gasteiger partial charge in [0.25, 0.3) is 0 Å². The number of ether oxygens (including phenoxy) is 2. The molecule has 6 nitrogen and oxygen atoms in total. The first-order chi connectivity index (χ1) is 11.3. The van der Waals surface area contributed by atoms with Gasteiger partial charge >= 0.3 is 11.9 Å². The second-order valence-corrected chi connectivity index (χ2v) is 7.47. The predicted octanol–water partition coefficient (Wildman–Crippen LogP) is 1.27. The van der Waals surface area contributed by atoms with Crippen LogP contribution in [-0.4, -0.2) is 59.4 Å². The first kappa shape index (κ1) is 17.4. The minimum Gasteiger partial charge on any atom is -0.463 e. The van der Waals surface area contributed by atoms with Crippen molar-refractivity contribution in [3.8, 4) is 0 Å². The van der Waals surface area contributed by atoms with E-state index in [0.717, 1.165) is 25.9 Å². The number of aliphatic hydroxyl groups is 1. The monoisotopic (exact) mass is 337 g/mol. The fraction of sp³-hybridized carbons (Fsp3) is 0.778. The SMILES string of the molecule is C/C=C1/C[C@@H](C)[C@](C)(O)C(=O)OC[C@H]2CCN3CC[C@H](OC1=O)[C@@H]23. The van der Waals surface area contributed by atoms with Crippen molar-refractivity contribution in [3.05, 3.63) is 11.6 Å². The minimum absolute atomic E-state index is 0.113. The fourth-order valence-corrected chi connectivity index (χ4v) is 4.11. The van der Waals surface area contributed by atoms with Crippen molar-refractivity contribution in [2.75, 3.05) is 19.7 Å². The van der Waals surface area contributed by atoms with Gasteiger partial charge < -0.3 is 14.6 Å². The summed E-state index contributed by atoms with van der Waals surface area (Å²) in [6, 6.07) is 0.113. The van der Waals surface area contributed by atoms with E-state index in [4.69, 9.17) is 9.47 Å². The van der Waals surface area contributed by atoms with Crippen LogP contribution in [0.4, 0.5) is 0 Å². The highest BCUT2D eigenvalue weighted by Gasteiger charge is 2.48. The molecule has 6 heteroatoms. The second-order valence-electron chi connectivity index (χ2n) is 7.47. The number of hydrogen-bond acceptors (Lipinski definition) is 6. The first-order valence-electron chi connectivity index (χ1n) is 8.84. The molecule has 1 N–H and O–H groups in total. The summed E-state index contributed by atoms with van der Waals surface area (Å²) in [5, 5.41) is 10.6. The molecule has 3 aliphatic heterocycles. The lowest BCUT2D eigenvalue weighted by atomic mass is 9.85. The normalized spacial score (nSPS) is 42.9. The molecule has 0 amide bonds. The van der Waals surface area contributed by atoms with Gasteiger partial charge in [0.1, 0.15) is 6.10 Å². The van der Waals surface area contributed by atoms with E-state index in [1.54, 1.807) is 19.9 Å². The lowest BCUT2D eigenvalue weighted by molar-refractivity contribution is -0.172. The van der Waals surface area contributed by atoms with Gasteiger partial charge in [-0.25, -0.2) is 9.59 Å². The summed E-state index contributed by atoms with van der Waals surface area (Å²) in [6.45, 7) is 7.11. The summed E-state index contributed by atoms with van der Waals surface area (Å²) in [5.74, 6) is -1.23. The van der Waals surface area contributed by atoms with Crippen LogP contribution < -0.4 is 0 Å². The molecule has 0 aromatic heterocycles. The van der Waals surface area contributed by atoms with Gasteiger partial charge in [0.2, 0.25) is 0 Å². The van der Waals surface area contributed by atoms with Crippen LogP contribution in [0.15, 0.2) is 11.6 Å². The van der Waals surface area contributed by atoms with E-state index in [0.29, 0.717) is 5.57 Å². The Kier molecular flexibility index (Phi) is 4.71. The molecule has 0 aromatic carbocycles. The van der Waals surface area contributed by atoms with Gasteiger partial charge in [-0.1, -0.05) is 13.0 Å². The zero-order chi connectivity index (χ0) is 17.5. The Labute approximate surface area is 142 Å². The molecule has 0 aromatic rings. The number of allylic oxidation sites excluding steroid dienone is 1. The third-order valence-corrected chi connectivity index (χ3v) is 5.97. The van der Waals surface area contributed by atoms with Crippen molar-refractivity contribution in [2.24, 2.45) is 11.8 Å². The lowest BCUT2D eigenvalue weighted by Crippen LogP contribution is -2.46. The van der Waals surface area contributed by atoms with E-state index < -0.39 is 17.5 Å². The topological polar surface area (TPSA) is 76.1 Å². The average Bonchev–Trinajstić information content (AvgIpc) is 3.12. The van der Waals surface area contributed by atoms with Crippen molar-refractivity contribution in [1.29, 1.82) is 0 Å². The maximum absolute atomic E-state index is 12.6. The molecule has 3 aliphatic rings. The molecule has 24 heavy (non-hydrogen) atoms. The summed E-state index contributed by atoms with van der Waals surface area (Å²) in [5.41, 5.74) is -1.12. The van der Waals surface area contributed by atoms with Crippen LogP contribution in [0.2, 0.25) is 0 Å². The molecule has 0 aliphatic carbocycles. The Morgan fingerprint density at radius 1 is 1.29 bits per heavy atom. The zero-order valence-corrected chi connectivity index (χ0v) is 14.7. The maximum atomic E-state index is 12.6. The molecule has 134 valence electrons. The molecule has 0 radical (unpaired) electrons. The van der Waals surface area contributed by atoms with Crippen LogP contribution in [0.3, 0.4) is 0 Å². The predicted molar refractivity (Wildman–Crippen MR) is 87.1 cm³/mol. The molecule has 0 bridgehead atoms. The third kappa shape index (κ3) is 2.97. The summed E-state index contributed by atoms with van der Waals surface area (Å²) in [7, 11) is 0. The van der Waals surface area contributed by atoms with Gasteiger partial charge in [0.05, 0.1) is 12.6 Å². The van der Waals surface area contributed by atoms with Crippen LogP contribution in [0.5, 0.6) is 0 Å². The zero-order valence-electron chi connectivity index (χ0n) is 14.7. The van der Waals surface area contributed by atoms with Crippen molar-refractivity contribution in [2.45, 2.75) is 57.8 Å². The quantitative estimate of drug-likeness (QED) is 0.530. The maximum Gasteiger partial charge on any atom is 0.338 e. The highest BCUT2D eigenvalue weighted by molar-refractivity contribution is 5.89. The van der Waals surface area contributed by atoms with Gasteiger partial charge in [-0.3, -0.25) is 4.90 Å². The number of rotatable bonds is 0. The van der Waals surface area contributed by atoms with Crippen molar-refractivity contribution < 1.29 is 24.2 Å². The first-order valence-corrected chi connectivity index (χ1v) is 8.84. The van der Waals surface area contributed by atoms with E-state index in [1.807, 2.05) is 0 Å². The highest BCUT2D eigenvalue weighted by atomic mass is 16.6. The molecule has 3 saturated heterocycles. The second kappa shape index (κ2) is 6.48. The Hall–Kier alpha value is -1.40. The molecule has 0 saturated carbocycles. The van der Waals surface area contributed by atoms with Crippen LogP contribution in [-0.2, 0) is 19.1 Å². The van der Waals surface area contributed by atoms with E-state index >= 15 is 0 Å². The molecular formula is C18H27NO5. The smallest absolute Gasteiger partial charge is 0.338 e. The molecule has 3 rings (SSSR count). The van der Waals surface area contributed by atoms with Crippen LogP contribution in [0, 0.1) is 11.8 Å². The van der Waals surface area contributed by atoms with E-state index in [-0.39, 0.29) is 37.1 Å². The van der Waals surface area contributed by atoms with E-state index in [2.05, 4.69) is 4.90 Å². The number of hydrogen-bond donors (Lipinski definition) is 1. The van der Waals surface area contributed by atoms with Gasteiger partial charge in [0.15, 0.2) is 5.60 Å². The number of nitrogens with zero attached hydrogens (tertiary/aromatic N) is 1. The molecule has 3 heterocycles. The van der Waals surface area contributed by atoms with Gasteiger partial charge in [-0.15, -0.1) is 0 Å². The molecular weight excluding hydrogens is 310 g/mol. The largest absolute Gasteiger partial charge is 0.463 e. The molecule has 3 fully saturated rings. The van der Waals surface area contributed by atoms with Crippen molar-refractivity contribution in [3.63, 3.8) is 0 Å².